The molecule has 2 aromatic carbocycles. The van der Waals surface area contributed by atoms with Crippen molar-refractivity contribution in [1.29, 1.82) is 5.26 Å². The van der Waals surface area contributed by atoms with Crippen LogP contribution in [0.15, 0.2) is 48.5 Å². The van der Waals surface area contributed by atoms with E-state index in [1.807, 2.05) is 30.3 Å². The van der Waals surface area contributed by atoms with E-state index in [1.165, 1.54) is 18.2 Å². The Balaban J connectivity index is 2.31. The minimum atomic E-state index is -0.656. The first kappa shape index (κ1) is 12.0. The smallest absolute Gasteiger partial charge is 0.168 e. The molecule has 0 aromatic heterocycles. The van der Waals surface area contributed by atoms with Crippen molar-refractivity contribution in [3.63, 3.8) is 0 Å². The minimum absolute atomic E-state index is 0.140. The standard InChI is InChI=1S/C15H10FNO/c16-14-8-4-7-12(13(14)10-17)15(18)9-11-5-2-1-3-6-11/h1-8H,9H2. The van der Waals surface area contributed by atoms with E-state index in [1.54, 1.807) is 6.07 Å². The highest BCUT2D eigenvalue weighted by Crippen LogP contribution is 2.15. The SMILES string of the molecule is N#Cc1c(F)cccc1C(=O)Cc1ccccc1. The molecular weight excluding hydrogens is 229 g/mol. The molecule has 0 aliphatic rings. The van der Waals surface area contributed by atoms with Gasteiger partial charge in [0.1, 0.15) is 11.9 Å². The number of benzene rings is 2. The number of hydrogen-bond acceptors (Lipinski definition) is 2. The van der Waals surface area contributed by atoms with Crippen LogP contribution in [-0.2, 0) is 6.42 Å². The molecule has 88 valence electrons. The first-order valence-electron chi connectivity index (χ1n) is 5.48. The molecule has 0 atom stereocenters. The van der Waals surface area contributed by atoms with E-state index in [0.717, 1.165) is 5.56 Å². The molecule has 0 saturated heterocycles. The first-order chi connectivity index (χ1) is 8.72. The number of nitriles is 1. The van der Waals surface area contributed by atoms with Gasteiger partial charge in [-0.15, -0.1) is 0 Å². The number of halogens is 1. The van der Waals surface area contributed by atoms with Gasteiger partial charge in [-0.2, -0.15) is 5.26 Å². The summed E-state index contributed by atoms with van der Waals surface area (Å²) in [5, 5.41) is 8.87. The Morgan fingerprint density at radius 3 is 2.50 bits per heavy atom. The van der Waals surface area contributed by atoms with Crippen molar-refractivity contribution in [3.8, 4) is 6.07 Å². The molecule has 3 heteroatoms. The Labute approximate surface area is 104 Å². The Morgan fingerprint density at radius 1 is 1.11 bits per heavy atom. The molecule has 18 heavy (non-hydrogen) atoms. The normalized spacial score (nSPS) is 9.78. The van der Waals surface area contributed by atoms with Gasteiger partial charge < -0.3 is 0 Å². The fraction of sp³-hybridized carbons (Fsp3) is 0.0667. The van der Waals surface area contributed by atoms with Gasteiger partial charge in [0.2, 0.25) is 0 Å². The molecule has 0 fully saturated rings. The van der Waals surface area contributed by atoms with Gasteiger partial charge in [0.05, 0.1) is 5.56 Å². The third-order valence-corrected chi connectivity index (χ3v) is 2.63. The van der Waals surface area contributed by atoms with Crippen LogP contribution in [0, 0.1) is 17.1 Å². The average molecular weight is 239 g/mol. The average Bonchev–Trinajstić information content (AvgIpc) is 2.39. The Morgan fingerprint density at radius 2 is 1.83 bits per heavy atom. The second-order valence-corrected chi connectivity index (χ2v) is 3.86. The molecular formula is C15H10FNO. The van der Waals surface area contributed by atoms with Crippen LogP contribution < -0.4 is 0 Å². The zero-order valence-corrected chi connectivity index (χ0v) is 9.56. The maximum absolute atomic E-state index is 13.4. The van der Waals surface area contributed by atoms with Crippen molar-refractivity contribution in [2.45, 2.75) is 6.42 Å². The molecule has 0 N–H and O–H groups in total. The summed E-state index contributed by atoms with van der Waals surface area (Å²) in [6.07, 6.45) is 0.166. The lowest BCUT2D eigenvalue weighted by Crippen LogP contribution is -2.07. The molecule has 0 aliphatic carbocycles. The van der Waals surface area contributed by atoms with E-state index in [-0.39, 0.29) is 23.3 Å². The number of nitrogens with zero attached hydrogens (tertiary/aromatic N) is 1. The molecule has 0 radical (unpaired) electrons. The highest BCUT2D eigenvalue weighted by molar-refractivity contribution is 5.99. The molecule has 0 heterocycles. The van der Waals surface area contributed by atoms with Gasteiger partial charge in [-0.1, -0.05) is 36.4 Å². The maximum Gasteiger partial charge on any atom is 0.168 e. The fourth-order valence-corrected chi connectivity index (χ4v) is 1.75. The van der Waals surface area contributed by atoms with Crippen LogP contribution in [-0.4, -0.2) is 5.78 Å². The van der Waals surface area contributed by atoms with Gasteiger partial charge >= 0.3 is 0 Å². The summed E-state index contributed by atoms with van der Waals surface area (Å²) < 4.78 is 13.4. The number of carbonyl (C=O) groups excluding carboxylic acids is 1. The van der Waals surface area contributed by atoms with Crippen molar-refractivity contribution in [1.82, 2.24) is 0 Å². The Kier molecular flexibility index (Phi) is 3.49. The van der Waals surface area contributed by atoms with Crippen molar-refractivity contribution < 1.29 is 9.18 Å². The Bertz CT molecular complexity index is 614. The molecule has 0 aliphatic heterocycles. The Hall–Kier alpha value is -2.47. The number of ketones is 1. The zero-order valence-electron chi connectivity index (χ0n) is 9.56. The number of Topliss-reactive ketones (excluding diaryl/α,β-unsaturated/α-hetero) is 1. The largest absolute Gasteiger partial charge is 0.294 e. The summed E-state index contributed by atoms with van der Waals surface area (Å²) in [4.78, 5) is 12.0. The number of rotatable bonds is 3. The summed E-state index contributed by atoms with van der Waals surface area (Å²) >= 11 is 0. The first-order valence-corrected chi connectivity index (χ1v) is 5.48. The molecule has 2 nitrogen and oxygen atoms in total. The van der Waals surface area contributed by atoms with Crippen LogP contribution in [0.2, 0.25) is 0 Å². The van der Waals surface area contributed by atoms with Crippen LogP contribution in [0.3, 0.4) is 0 Å². The summed E-state index contributed by atoms with van der Waals surface area (Å²) in [5.41, 5.74) is 0.801. The van der Waals surface area contributed by atoms with Gasteiger partial charge in [0.15, 0.2) is 5.78 Å². The van der Waals surface area contributed by atoms with Gasteiger partial charge in [0.25, 0.3) is 0 Å². The van der Waals surface area contributed by atoms with Gasteiger partial charge in [0, 0.05) is 12.0 Å². The molecule has 2 rings (SSSR count). The number of hydrogen-bond donors (Lipinski definition) is 0. The highest BCUT2D eigenvalue weighted by Gasteiger charge is 2.14. The van der Waals surface area contributed by atoms with E-state index in [0.29, 0.717) is 0 Å². The molecule has 0 amide bonds. The zero-order chi connectivity index (χ0) is 13.0. The van der Waals surface area contributed by atoms with E-state index >= 15 is 0 Å². The van der Waals surface area contributed by atoms with Crippen LogP contribution in [0.4, 0.5) is 4.39 Å². The summed E-state index contributed by atoms with van der Waals surface area (Å²) in [6, 6.07) is 15.0. The monoisotopic (exact) mass is 239 g/mol. The summed E-state index contributed by atoms with van der Waals surface area (Å²) in [7, 11) is 0. The van der Waals surface area contributed by atoms with Crippen molar-refractivity contribution in [2.24, 2.45) is 0 Å². The van der Waals surface area contributed by atoms with Crippen molar-refractivity contribution in [2.75, 3.05) is 0 Å². The lowest BCUT2D eigenvalue weighted by atomic mass is 9.99. The number of carbonyl (C=O) groups is 1. The molecule has 0 spiro atoms. The van der Waals surface area contributed by atoms with Crippen LogP contribution in [0.1, 0.15) is 21.5 Å². The quantitative estimate of drug-likeness (QED) is 0.772. The van der Waals surface area contributed by atoms with Crippen LogP contribution in [0.25, 0.3) is 0 Å². The van der Waals surface area contributed by atoms with Gasteiger partial charge in [-0.05, 0) is 17.7 Å². The van der Waals surface area contributed by atoms with Gasteiger partial charge in [-0.25, -0.2) is 4.39 Å². The second-order valence-electron chi connectivity index (χ2n) is 3.86. The van der Waals surface area contributed by atoms with E-state index in [9.17, 15) is 9.18 Å². The minimum Gasteiger partial charge on any atom is -0.294 e. The lowest BCUT2D eigenvalue weighted by molar-refractivity contribution is 0.0992. The molecule has 0 bridgehead atoms. The molecule has 0 unspecified atom stereocenters. The third-order valence-electron chi connectivity index (χ3n) is 2.63. The van der Waals surface area contributed by atoms with Crippen molar-refractivity contribution in [3.05, 3.63) is 71.0 Å². The molecule has 0 saturated carbocycles. The lowest BCUT2D eigenvalue weighted by Gasteiger charge is -2.04. The topological polar surface area (TPSA) is 40.9 Å². The van der Waals surface area contributed by atoms with Crippen LogP contribution >= 0.6 is 0 Å². The van der Waals surface area contributed by atoms with E-state index in [2.05, 4.69) is 0 Å². The predicted octanol–water partition coefficient (Wildman–Crippen LogP) is 3.12. The van der Waals surface area contributed by atoms with Gasteiger partial charge in [-0.3, -0.25) is 4.79 Å². The predicted molar refractivity (Wildman–Crippen MR) is 65.6 cm³/mol. The van der Waals surface area contributed by atoms with E-state index in [4.69, 9.17) is 5.26 Å². The van der Waals surface area contributed by atoms with E-state index < -0.39 is 5.82 Å². The van der Waals surface area contributed by atoms with Crippen LogP contribution in [0.5, 0.6) is 0 Å². The maximum atomic E-state index is 13.4. The molecule has 2 aromatic rings. The summed E-state index contributed by atoms with van der Waals surface area (Å²) in [5.74, 6) is -0.909. The fourth-order valence-electron chi connectivity index (χ4n) is 1.75. The second kappa shape index (κ2) is 5.24. The van der Waals surface area contributed by atoms with Crippen molar-refractivity contribution >= 4 is 5.78 Å². The highest BCUT2D eigenvalue weighted by atomic mass is 19.1. The third kappa shape index (κ3) is 2.44. The summed E-state index contributed by atoms with van der Waals surface area (Å²) in [6.45, 7) is 0.